The second-order valence-electron chi connectivity index (χ2n) is 4.65. The highest BCUT2D eigenvalue weighted by Gasteiger charge is 2.03. The molecular weight excluding hydrogens is 226 g/mol. The molecule has 2 aromatic rings. The van der Waals surface area contributed by atoms with Crippen molar-refractivity contribution < 1.29 is 0 Å². The van der Waals surface area contributed by atoms with Crippen molar-refractivity contribution in [3.63, 3.8) is 0 Å². The van der Waals surface area contributed by atoms with E-state index in [2.05, 4.69) is 34.2 Å². The molecule has 0 saturated heterocycles. The highest BCUT2D eigenvalue weighted by Crippen LogP contribution is 2.10. The first-order valence-electron chi connectivity index (χ1n) is 6.19. The van der Waals surface area contributed by atoms with Crippen LogP contribution in [0.3, 0.4) is 0 Å². The summed E-state index contributed by atoms with van der Waals surface area (Å²) in [5.74, 6) is 2.11. The van der Waals surface area contributed by atoms with Crippen molar-refractivity contribution in [1.29, 1.82) is 0 Å². The van der Waals surface area contributed by atoms with Crippen LogP contribution in [0.4, 0.5) is 5.82 Å². The van der Waals surface area contributed by atoms with Gasteiger partial charge >= 0.3 is 0 Å². The van der Waals surface area contributed by atoms with E-state index in [4.69, 9.17) is 0 Å². The first kappa shape index (κ1) is 12.5. The second kappa shape index (κ2) is 5.62. The van der Waals surface area contributed by atoms with Crippen LogP contribution in [0.25, 0.3) is 0 Å². The fraction of sp³-hybridized carbons (Fsp3) is 0.462. The van der Waals surface area contributed by atoms with Crippen LogP contribution >= 0.6 is 0 Å². The predicted octanol–water partition coefficient (Wildman–Crippen LogP) is 1.99. The molecule has 0 atom stereocenters. The lowest BCUT2D eigenvalue weighted by molar-refractivity contribution is 0.766. The van der Waals surface area contributed by atoms with Gasteiger partial charge in [-0.1, -0.05) is 13.8 Å². The SMILES string of the molecule is CC(C)c1nccc(NCCc2cnn(C)c2)n1. The van der Waals surface area contributed by atoms with E-state index in [-0.39, 0.29) is 0 Å². The van der Waals surface area contributed by atoms with Gasteiger partial charge in [0.05, 0.1) is 6.20 Å². The zero-order valence-electron chi connectivity index (χ0n) is 11.1. The van der Waals surface area contributed by atoms with Crippen LogP contribution in [0.2, 0.25) is 0 Å². The standard InChI is InChI=1S/C13H19N5/c1-10(2)13-15-7-5-12(17-13)14-6-4-11-8-16-18(3)9-11/h5,7-10H,4,6H2,1-3H3,(H,14,15,17). The molecule has 2 aromatic heterocycles. The Bertz CT molecular complexity index is 504. The number of hydrogen-bond acceptors (Lipinski definition) is 4. The summed E-state index contributed by atoms with van der Waals surface area (Å²) >= 11 is 0. The quantitative estimate of drug-likeness (QED) is 0.875. The molecule has 0 amide bonds. The number of hydrogen-bond donors (Lipinski definition) is 1. The summed E-state index contributed by atoms with van der Waals surface area (Å²) in [6, 6.07) is 1.90. The van der Waals surface area contributed by atoms with Crippen molar-refractivity contribution in [2.24, 2.45) is 7.05 Å². The first-order valence-corrected chi connectivity index (χ1v) is 6.19. The van der Waals surface area contributed by atoms with Gasteiger partial charge in [0.15, 0.2) is 0 Å². The van der Waals surface area contributed by atoms with Crippen LogP contribution in [0.1, 0.15) is 31.2 Å². The molecule has 5 nitrogen and oxygen atoms in total. The molecule has 0 aliphatic carbocycles. The van der Waals surface area contributed by atoms with Gasteiger partial charge in [0.2, 0.25) is 0 Å². The maximum atomic E-state index is 4.47. The minimum atomic E-state index is 0.352. The molecule has 0 aliphatic rings. The van der Waals surface area contributed by atoms with Gasteiger partial charge in [0.1, 0.15) is 11.6 Å². The lowest BCUT2D eigenvalue weighted by atomic mass is 10.2. The predicted molar refractivity (Wildman–Crippen MR) is 71.5 cm³/mol. The first-order chi connectivity index (χ1) is 8.65. The van der Waals surface area contributed by atoms with Crippen LogP contribution in [0.15, 0.2) is 24.7 Å². The van der Waals surface area contributed by atoms with Crippen LogP contribution in [-0.4, -0.2) is 26.3 Å². The minimum Gasteiger partial charge on any atom is -0.370 e. The maximum Gasteiger partial charge on any atom is 0.133 e. The zero-order chi connectivity index (χ0) is 13.0. The number of aromatic nitrogens is 4. The summed E-state index contributed by atoms with van der Waals surface area (Å²) in [4.78, 5) is 8.71. The Kier molecular flexibility index (Phi) is 3.92. The molecule has 0 aromatic carbocycles. The molecular formula is C13H19N5. The van der Waals surface area contributed by atoms with Gasteiger partial charge in [-0.15, -0.1) is 0 Å². The van der Waals surface area contributed by atoms with Gasteiger partial charge in [-0.25, -0.2) is 9.97 Å². The van der Waals surface area contributed by atoms with E-state index in [1.165, 1.54) is 5.56 Å². The third-order valence-electron chi connectivity index (χ3n) is 2.67. The lowest BCUT2D eigenvalue weighted by Gasteiger charge is -2.07. The second-order valence-corrected chi connectivity index (χ2v) is 4.65. The maximum absolute atomic E-state index is 4.47. The van der Waals surface area contributed by atoms with Gasteiger partial charge in [-0.05, 0) is 18.1 Å². The van der Waals surface area contributed by atoms with Crippen LogP contribution in [0.5, 0.6) is 0 Å². The van der Waals surface area contributed by atoms with Crippen molar-refractivity contribution in [3.05, 3.63) is 36.0 Å². The third kappa shape index (κ3) is 3.29. The van der Waals surface area contributed by atoms with Gasteiger partial charge in [-0.3, -0.25) is 4.68 Å². The number of nitrogens with zero attached hydrogens (tertiary/aromatic N) is 4. The molecule has 2 rings (SSSR count). The summed E-state index contributed by atoms with van der Waals surface area (Å²) in [5, 5.41) is 7.45. The monoisotopic (exact) mass is 245 g/mol. The molecule has 18 heavy (non-hydrogen) atoms. The number of nitrogens with one attached hydrogen (secondary N) is 1. The summed E-state index contributed by atoms with van der Waals surface area (Å²) < 4.78 is 1.82. The molecule has 5 heteroatoms. The molecule has 0 fully saturated rings. The Balaban J connectivity index is 1.88. The van der Waals surface area contributed by atoms with Crippen LogP contribution in [0, 0.1) is 0 Å². The summed E-state index contributed by atoms with van der Waals surface area (Å²) in [6.45, 7) is 5.03. The van der Waals surface area contributed by atoms with E-state index in [0.717, 1.165) is 24.6 Å². The Labute approximate surface area is 107 Å². The summed E-state index contributed by atoms with van der Waals surface area (Å²) in [6.07, 6.45) is 6.66. The zero-order valence-corrected chi connectivity index (χ0v) is 11.1. The average Bonchev–Trinajstić information content (AvgIpc) is 2.75. The normalized spacial score (nSPS) is 10.9. The van der Waals surface area contributed by atoms with Crippen molar-refractivity contribution in [3.8, 4) is 0 Å². The third-order valence-corrected chi connectivity index (χ3v) is 2.67. The molecule has 0 aliphatic heterocycles. The average molecular weight is 245 g/mol. The summed E-state index contributed by atoms with van der Waals surface area (Å²) in [7, 11) is 1.93. The molecule has 1 N–H and O–H groups in total. The lowest BCUT2D eigenvalue weighted by Crippen LogP contribution is -2.08. The highest BCUT2D eigenvalue weighted by molar-refractivity contribution is 5.33. The van der Waals surface area contributed by atoms with Crippen molar-refractivity contribution in [2.75, 3.05) is 11.9 Å². The van der Waals surface area contributed by atoms with E-state index in [1.807, 2.05) is 30.2 Å². The van der Waals surface area contributed by atoms with E-state index < -0.39 is 0 Å². The van der Waals surface area contributed by atoms with Gasteiger partial charge < -0.3 is 5.32 Å². The smallest absolute Gasteiger partial charge is 0.133 e. The van der Waals surface area contributed by atoms with E-state index in [1.54, 1.807) is 6.20 Å². The minimum absolute atomic E-state index is 0.352. The molecule has 0 unspecified atom stereocenters. The van der Waals surface area contributed by atoms with E-state index >= 15 is 0 Å². The molecule has 0 spiro atoms. The number of aryl methyl sites for hydroxylation is 1. The van der Waals surface area contributed by atoms with Gasteiger partial charge in [0, 0.05) is 31.9 Å². The Morgan fingerprint density at radius 3 is 2.89 bits per heavy atom. The van der Waals surface area contributed by atoms with Crippen molar-refractivity contribution in [2.45, 2.75) is 26.2 Å². The Morgan fingerprint density at radius 1 is 1.39 bits per heavy atom. The summed E-state index contributed by atoms with van der Waals surface area (Å²) in [5.41, 5.74) is 1.23. The fourth-order valence-corrected chi connectivity index (χ4v) is 1.69. The fourth-order valence-electron chi connectivity index (χ4n) is 1.69. The largest absolute Gasteiger partial charge is 0.370 e. The van der Waals surface area contributed by atoms with E-state index in [9.17, 15) is 0 Å². The Morgan fingerprint density at radius 2 is 2.22 bits per heavy atom. The van der Waals surface area contributed by atoms with E-state index in [0.29, 0.717) is 5.92 Å². The van der Waals surface area contributed by atoms with Gasteiger partial charge in [-0.2, -0.15) is 5.10 Å². The highest BCUT2D eigenvalue weighted by atomic mass is 15.2. The Hall–Kier alpha value is -1.91. The van der Waals surface area contributed by atoms with Crippen molar-refractivity contribution in [1.82, 2.24) is 19.7 Å². The van der Waals surface area contributed by atoms with Crippen LogP contribution < -0.4 is 5.32 Å². The molecule has 96 valence electrons. The molecule has 0 saturated carbocycles. The molecule has 2 heterocycles. The number of anilines is 1. The number of rotatable bonds is 5. The topological polar surface area (TPSA) is 55.6 Å². The van der Waals surface area contributed by atoms with Gasteiger partial charge in [0.25, 0.3) is 0 Å². The van der Waals surface area contributed by atoms with Crippen molar-refractivity contribution >= 4 is 5.82 Å². The van der Waals surface area contributed by atoms with Crippen LogP contribution in [-0.2, 0) is 13.5 Å². The molecule has 0 radical (unpaired) electrons. The molecule has 0 bridgehead atoms.